The van der Waals surface area contributed by atoms with Gasteiger partial charge < -0.3 is 14.6 Å². The zero-order chi connectivity index (χ0) is 19.7. The first-order valence-electron chi connectivity index (χ1n) is 10.6. The van der Waals surface area contributed by atoms with Crippen LogP contribution in [0.4, 0.5) is 0 Å². The Hall–Kier alpha value is -2.14. The molecule has 2 fully saturated rings. The Morgan fingerprint density at radius 3 is 2.61 bits per heavy atom. The first-order chi connectivity index (χ1) is 13.5. The number of pyridine rings is 1. The first kappa shape index (κ1) is 19.2. The molecule has 28 heavy (non-hydrogen) atoms. The van der Waals surface area contributed by atoms with Crippen molar-refractivity contribution >= 4 is 16.8 Å². The van der Waals surface area contributed by atoms with Crippen molar-refractivity contribution in [1.29, 1.82) is 0 Å². The predicted octanol–water partition coefficient (Wildman–Crippen LogP) is 3.99. The molecule has 1 aliphatic heterocycles. The van der Waals surface area contributed by atoms with E-state index in [-0.39, 0.29) is 23.6 Å². The molecule has 1 aromatic heterocycles. The minimum Gasteiger partial charge on any atom is -0.368 e. The summed E-state index contributed by atoms with van der Waals surface area (Å²) in [4.78, 5) is 31.0. The summed E-state index contributed by atoms with van der Waals surface area (Å²) in [5.74, 6) is 0.0596. The number of amides is 1. The Morgan fingerprint density at radius 1 is 1.11 bits per heavy atom. The van der Waals surface area contributed by atoms with Crippen LogP contribution in [0, 0.1) is 13.8 Å². The van der Waals surface area contributed by atoms with Gasteiger partial charge in [0.15, 0.2) is 0 Å². The standard InChI is InChI=1S/C23H30N2O3/c1-15-11-16(2)21-17(12-15)13-18(22(26)24-21)14-25(19-7-4-3-5-8-19)23(27)20-9-6-10-28-20/h11-13,19-20H,3-10,14H2,1-2H3,(H,24,26)/t20-/m1/s1. The molecule has 150 valence electrons. The normalized spacial score (nSPS) is 20.6. The molecule has 2 heterocycles. The third kappa shape index (κ3) is 3.86. The van der Waals surface area contributed by atoms with Crippen LogP contribution in [0.25, 0.3) is 10.9 Å². The molecule has 1 aromatic carbocycles. The number of hydrogen-bond donors (Lipinski definition) is 1. The third-order valence-electron chi connectivity index (χ3n) is 6.21. The number of H-pyrrole nitrogens is 1. The Labute approximate surface area is 166 Å². The van der Waals surface area contributed by atoms with Crippen LogP contribution in [0.3, 0.4) is 0 Å². The molecule has 0 unspecified atom stereocenters. The Kier molecular flexibility index (Phi) is 5.54. The van der Waals surface area contributed by atoms with Crippen molar-refractivity contribution in [1.82, 2.24) is 9.88 Å². The summed E-state index contributed by atoms with van der Waals surface area (Å²) in [7, 11) is 0. The number of nitrogens with one attached hydrogen (secondary N) is 1. The van der Waals surface area contributed by atoms with Crippen molar-refractivity contribution in [3.05, 3.63) is 45.2 Å². The van der Waals surface area contributed by atoms with Crippen molar-refractivity contribution in [2.45, 2.75) is 77.5 Å². The third-order valence-corrected chi connectivity index (χ3v) is 6.21. The fraction of sp³-hybridized carbons (Fsp3) is 0.565. The van der Waals surface area contributed by atoms with Crippen molar-refractivity contribution in [3.8, 4) is 0 Å². The number of hydrogen-bond acceptors (Lipinski definition) is 3. The fourth-order valence-corrected chi connectivity index (χ4v) is 4.77. The van der Waals surface area contributed by atoms with E-state index < -0.39 is 0 Å². The number of carbonyl (C=O) groups excluding carboxylic acids is 1. The molecule has 1 N–H and O–H groups in total. The summed E-state index contributed by atoms with van der Waals surface area (Å²) >= 11 is 0. The van der Waals surface area contributed by atoms with Gasteiger partial charge in [-0.15, -0.1) is 0 Å². The van der Waals surface area contributed by atoms with Crippen LogP contribution in [0.1, 0.15) is 61.6 Å². The number of rotatable bonds is 4. The largest absolute Gasteiger partial charge is 0.368 e. The molecule has 1 aliphatic carbocycles. The molecule has 1 amide bonds. The van der Waals surface area contributed by atoms with Crippen molar-refractivity contribution < 1.29 is 9.53 Å². The van der Waals surface area contributed by atoms with Crippen LogP contribution in [0.2, 0.25) is 0 Å². The average Bonchev–Trinajstić information content (AvgIpc) is 3.22. The average molecular weight is 383 g/mol. The monoisotopic (exact) mass is 382 g/mol. The van der Waals surface area contributed by atoms with E-state index >= 15 is 0 Å². The molecule has 4 rings (SSSR count). The quantitative estimate of drug-likeness (QED) is 0.870. The molecule has 0 bridgehead atoms. The molecule has 1 saturated heterocycles. The van der Waals surface area contributed by atoms with Crippen LogP contribution in [0.5, 0.6) is 0 Å². The van der Waals surface area contributed by atoms with Crippen molar-refractivity contribution in [2.75, 3.05) is 6.61 Å². The highest BCUT2D eigenvalue weighted by Gasteiger charge is 2.33. The summed E-state index contributed by atoms with van der Waals surface area (Å²) in [6.07, 6.45) is 6.93. The van der Waals surface area contributed by atoms with E-state index in [2.05, 4.69) is 24.0 Å². The van der Waals surface area contributed by atoms with Crippen molar-refractivity contribution in [2.24, 2.45) is 0 Å². The fourth-order valence-electron chi connectivity index (χ4n) is 4.77. The van der Waals surface area contributed by atoms with Gasteiger partial charge in [-0.05, 0) is 62.6 Å². The Morgan fingerprint density at radius 2 is 1.89 bits per heavy atom. The van der Waals surface area contributed by atoms with Crippen LogP contribution in [-0.4, -0.2) is 34.5 Å². The predicted molar refractivity (Wildman–Crippen MR) is 110 cm³/mol. The van der Waals surface area contributed by atoms with E-state index in [0.29, 0.717) is 18.7 Å². The van der Waals surface area contributed by atoms with Crippen LogP contribution >= 0.6 is 0 Å². The first-order valence-corrected chi connectivity index (χ1v) is 10.6. The lowest BCUT2D eigenvalue weighted by Crippen LogP contribution is -2.46. The number of benzene rings is 1. The second-order valence-corrected chi connectivity index (χ2v) is 8.43. The zero-order valence-corrected chi connectivity index (χ0v) is 16.9. The number of carbonyl (C=O) groups is 1. The number of aromatic nitrogens is 1. The highest BCUT2D eigenvalue weighted by atomic mass is 16.5. The van der Waals surface area contributed by atoms with Gasteiger partial charge in [-0.2, -0.15) is 0 Å². The molecule has 5 nitrogen and oxygen atoms in total. The van der Waals surface area contributed by atoms with Gasteiger partial charge in [-0.25, -0.2) is 0 Å². The topological polar surface area (TPSA) is 62.4 Å². The van der Waals surface area contributed by atoms with E-state index in [1.807, 2.05) is 17.9 Å². The highest BCUT2D eigenvalue weighted by molar-refractivity contribution is 5.84. The number of aromatic amines is 1. The van der Waals surface area contributed by atoms with E-state index in [0.717, 1.165) is 55.0 Å². The molecular formula is C23H30N2O3. The molecule has 0 spiro atoms. The summed E-state index contributed by atoms with van der Waals surface area (Å²) in [6.45, 7) is 5.10. The van der Waals surface area contributed by atoms with E-state index in [1.165, 1.54) is 12.0 Å². The minimum atomic E-state index is -0.342. The Balaban J connectivity index is 1.68. The van der Waals surface area contributed by atoms with E-state index in [1.54, 1.807) is 0 Å². The molecular weight excluding hydrogens is 352 g/mol. The summed E-state index contributed by atoms with van der Waals surface area (Å²) < 4.78 is 5.68. The Bertz CT molecular complexity index is 921. The number of fused-ring (bicyclic) bond motifs is 1. The van der Waals surface area contributed by atoms with Crippen molar-refractivity contribution in [3.63, 3.8) is 0 Å². The number of ether oxygens (including phenoxy) is 1. The second kappa shape index (κ2) is 8.08. The summed E-state index contributed by atoms with van der Waals surface area (Å²) in [6, 6.07) is 6.34. The molecule has 1 atom stereocenters. The van der Waals surface area contributed by atoms with Gasteiger partial charge in [0.25, 0.3) is 11.5 Å². The summed E-state index contributed by atoms with van der Waals surface area (Å²) in [5, 5.41) is 1.03. The van der Waals surface area contributed by atoms with E-state index in [9.17, 15) is 9.59 Å². The zero-order valence-electron chi connectivity index (χ0n) is 16.9. The lowest BCUT2D eigenvalue weighted by Gasteiger charge is -2.35. The van der Waals surface area contributed by atoms with Gasteiger partial charge in [0, 0.05) is 18.2 Å². The van der Waals surface area contributed by atoms with Crippen LogP contribution in [0.15, 0.2) is 23.0 Å². The molecule has 0 radical (unpaired) electrons. The van der Waals surface area contributed by atoms with Gasteiger partial charge in [-0.3, -0.25) is 9.59 Å². The van der Waals surface area contributed by atoms with Gasteiger partial charge in [-0.1, -0.05) is 30.9 Å². The number of aryl methyl sites for hydroxylation is 2. The van der Waals surface area contributed by atoms with Gasteiger partial charge in [0.2, 0.25) is 0 Å². The maximum Gasteiger partial charge on any atom is 0.253 e. The summed E-state index contributed by atoms with van der Waals surface area (Å²) in [5.41, 5.74) is 3.68. The smallest absolute Gasteiger partial charge is 0.253 e. The van der Waals surface area contributed by atoms with E-state index in [4.69, 9.17) is 4.74 Å². The van der Waals surface area contributed by atoms with Gasteiger partial charge >= 0.3 is 0 Å². The minimum absolute atomic E-state index is 0.0596. The lowest BCUT2D eigenvalue weighted by atomic mass is 9.93. The van der Waals surface area contributed by atoms with Gasteiger partial charge in [0.05, 0.1) is 12.1 Å². The molecule has 2 aliphatic rings. The number of nitrogens with zero attached hydrogens (tertiary/aromatic N) is 1. The van der Waals surface area contributed by atoms with Crippen LogP contribution < -0.4 is 5.56 Å². The maximum atomic E-state index is 13.2. The SMILES string of the molecule is Cc1cc(C)c2[nH]c(=O)c(CN(C(=O)[C@H]3CCCO3)C3CCCCC3)cc2c1. The molecule has 2 aromatic rings. The lowest BCUT2D eigenvalue weighted by molar-refractivity contribution is -0.144. The maximum absolute atomic E-state index is 13.2. The highest BCUT2D eigenvalue weighted by Crippen LogP contribution is 2.27. The van der Waals surface area contributed by atoms with Crippen LogP contribution in [-0.2, 0) is 16.1 Å². The van der Waals surface area contributed by atoms with Gasteiger partial charge in [0.1, 0.15) is 6.10 Å². The molecule has 5 heteroatoms. The molecule has 1 saturated carbocycles. The second-order valence-electron chi connectivity index (χ2n) is 8.43.